The molecular weight excluding hydrogens is 322 g/mol. The number of para-hydroxylation sites is 1. The van der Waals surface area contributed by atoms with Gasteiger partial charge in [0.15, 0.2) is 0 Å². The van der Waals surface area contributed by atoms with E-state index in [1.165, 1.54) is 12.1 Å². The number of nitro groups is 1. The fourth-order valence-corrected chi connectivity index (χ4v) is 0.805. The molecule has 1 aromatic carbocycles. The number of nitro benzene ring substituents is 1. The zero-order chi connectivity index (χ0) is 13.6. The minimum absolute atomic E-state index is 0. The first kappa shape index (κ1) is 18.8. The van der Waals surface area contributed by atoms with Crippen LogP contribution in [0, 0.1) is 10.1 Å². The van der Waals surface area contributed by atoms with Gasteiger partial charge in [0.05, 0.1) is 16.5 Å². The van der Waals surface area contributed by atoms with Crippen LogP contribution in [0.1, 0.15) is 10.4 Å². The second-order valence-electron chi connectivity index (χ2n) is 2.47. The van der Waals surface area contributed by atoms with Gasteiger partial charge in [-0.25, -0.2) is 0 Å². The quantitative estimate of drug-likeness (QED) is 0.211. The number of benzene rings is 1. The van der Waals surface area contributed by atoms with Gasteiger partial charge in [0.2, 0.25) is 0 Å². The number of aromatic carboxylic acids is 1. The minimum atomic E-state index is -5.17. The molecule has 9 nitrogen and oxygen atoms in total. The van der Waals surface area contributed by atoms with Crippen LogP contribution in [0.3, 0.4) is 0 Å². The van der Waals surface area contributed by atoms with Crippen LogP contribution >= 0.6 is 0 Å². The molecule has 1 aromatic rings. The van der Waals surface area contributed by atoms with Gasteiger partial charge in [-0.1, -0.05) is 12.1 Å². The topological polar surface area (TPSA) is 164 Å². The summed E-state index contributed by atoms with van der Waals surface area (Å²) in [5.74, 6) is -1.54. The Morgan fingerprint density at radius 2 is 1.56 bits per heavy atom. The maximum atomic E-state index is 10.3. The van der Waals surface area contributed by atoms with Crippen LogP contribution in [0.4, 0.5) is 5.69 Å². The normalized spacial score (nSPS) is 9.44. The van der Waals surface area contributed by atoms with Gasteiger partial charge in [-0.2, -0.15) is 0 Å². The van der Waals surface area contributed by atoms with Crippen LogP contribution in [0.5, 0.6) is 0 Å². The van der Waals surface area contributed by atoms with Crippen LogP contribution < -0.4 is 5.11 Å². The fourth-order valence-electron chi connectivity index (χ4n) is 0.805. The number of carbonyl (C=O) groups excluding carboxylic acids is 1. The molecule has 0 aliphatic carbocycles. The van der Waals surface area contributed by atoms with Crippen molar-refractivity contribution in [1.29, 1.82) is 0 Å². The number of rotatable bonds is 2. The number of carboxylic acids is 1. The Balaban J connectivity index is 0. The summed E-state index contributed by atoms with van der Waals surface area (Å²) in [6.07, 6.45) is 0. The van der Waals surface area contributed by atoms with Gasteiger partial charge in [-0.3, -0.25) is 18.5 Å². The van der Waals surface area contributed by atoms with E-state index in [4.69, 9.17) is 17.5 Å². The standard InChI is InChI=1S/C7H5NO4.Cu.H2O4S/c9-7(10)5-3-1-2-4-6(5)8(11)12;;1-5(2,3)4/h1-4H,(H,9,10);;(H2,1,2,3,4)/p-3. The second kappa shape index (κ2) is 7.74. The predicted octanol–water partition coefficient (Wildman–Crippen LogP) is -1.38. The Kier molecular flexibility index (Phi) is 8.10. The summed E-state index contributed by atoms with van der Waals surface area (Å²) in [7, 11) is -5.17. The van der Waals surface area contributed by atoms with Crippen molar-refractivity contribution in [3.05, 3.63) is 39.9 Å². The van der Waals surface area contributed by atoms with Gasteiger partial charge >= 0.3 is 0 Å². The molecule has 0 N–H and O–H groups in total. The summed E-state index contributed by atoms with van der Waals surface area (Å²) in [6, 6.07) is 5.04. The average molecular weight is 326 g/mol. The molecule has 0 saturated heterocycles. The molecule has 0 fully saturated rings. The molecule has 0 heterocycles. The molecule has 0 atom stereocenters. The van der Waals surface area contributed by atoms with Gasteiger partial charge in [0, 0.05) is 33.5 Å². The Morgan fingerprint density at radius 1 is 1.17 bits per heavy atom. The summed E-state index contributed by atoms with van der Waals surface area (Å²) in [5.41, 5.74) is -0.847. The van der Waals surface area contributed by atoms with Crippen molar-refractivity contribution >= 4 is 22.1 Å². The summed E-state index contributed by atoms with van der Waals surface area (Å²) in [5, 5.41) is 20.6. The van der Waals surface area contributed by atoms with Gasteiger partial charge in [-0.05, 0) is 6.07 Å². The van der Waals surface area contributed by atoms with Gasteiger partial charge < -0.3 is 19.0 Å². The van der Waals surface area contributed by atoms with E-state index >= 15 is 0 Å². The van der Waals surface area contributed by atoms with E-state index in [2.05, 4.69) is 0 Å². The SMILES string of the molecule is O=C([O-])c1ccccc1[N+](=O)[O-].O=S(=O)([O-])[O-].[Cu]. The fraction of sp³-hybridized carbons (Fsp3) is 0. The van der Waals surface area contributed by atoms with Crippen LogP contribution in [0.25, 0.3) is 0 Å². The third-order valence-corrected chi connectivity index (χ3v) is 1.32. The van der Waals surface area contributed by atoms with E-state index in [1.807, 2.05) is 0 Å². The van der Waals surface area contributed by atoms with E-state index in [1.54, 1.807) is 0 Å². The van der Waals surface area contributed by atoms with Crippen molar-refractivity contribution in [3.63, 3.8) is 0 Å². The van der Waals surface area contributed by atoms with E-state index < -0.39 is 32.5 Å². The molecule has 18 heavy (non-hydrogen) atoms. The maximum Gasteiger partial charge on any atom is 0.278 e. The molecule has 1 rings (SSSR count). The van der Waals surface area contributed by atoms with Crippen molar-refractivity contribution < 1.29 is 49.4 Å². The molecular formula is C7H4CuNO8S-3. The van der Waals surface area contributed by atoms with Crippen molar-refractivity contribution in [2.75, 3.05) is 0 Å². The van der Waals surface area contributed by atoms with Crippen LogP contribution in [-0.4, -0.2) is 28.4 Å². The minimum Gasteiger partial charge on any atom is -0.759 e. The number of carbonyl (C=O) groups is 1. The summed E-state index contributed by atoms with van der Waals surface area (Å²) >= 11 is 0. The molecule has 0 amide bonds. The Bertz CT molecular complexity index is 487. The summed E-state index contributed by atoms with van der Waals surface area (Å²) in [6.45, 7) is 0. The molecule has 11 heteroatoms. The molecule has 0 aliphatic rings. The first-order valence-electron chi connectivity index (χ1n) is 3.74. The van der Waals surface area contributed by atoms with Crippen molar-refractivity contribution in [1.82, 2.24) is 0 Å². The first-order chi connectivity index (χ1) is 7.63. The predicted molar refractivity (Wildman–Crippen MR) is 47.9 cm³/mol. The molecule has 0 spiro atoms. The molecule has 0 bridgehead atoms. The van der Waals surface area contributed by atoms with E-state index in [-0.39, 0.29) is 17.1 Å². The van der Waals surface area contributed by atoms with E-state index in [0.29, 0.717) is 0 Å². The van der Waals surface area contributed by atoms with Crippen molar-refractivity contribution in [2.24, 2.45) is 0 Å². The second-order valence-corrected chi connectivity index (χ2v) is 3.29. The maximum absolute atomic E-state index is 10.3. The average Bonchev–Trinajstić information content (AvgIpc) is 2.15. The zero-order valence-corrected chi connectivity index (χ0v) is 9.99. The van der Waals surface area contributed by atoms with Crippen LogP contribution in [-0.2, 0) is 27.5 Å². The van der Waals surface area contributed by atoms with E-state index in [0.717, 1.165) is 12.1 Å². The number of nitrogens with zero attached hydrogens (tertiary/aromatic N) is 1. The largest absolute Gasteiger partial charge is 0.759 e. The number of carboxylic acid groups (broad SMARTS) is 1. The van der Waals surface area contributed by atoms with Gasteiger partial charge in [-0.15, -0.1) is 0 Å². The summed E-state index contributed by atoms with van der Waals surface area (Å²) < 4.78 is 34.1. The van der Waals surface area contributed by atoms with Crippen molar-refractivity contribution in [3.8, 4) is 0 Å². The van der Waals surface area contributed by atoms with Crippen LogP contribution in [0.15, 0.2) is 24.3 Å². The van der Waals surface area contributed by atoms with Gasteiger partial charge in [0.25, 0.3) is 5.69 Å². The molecule has 0 saturated carbocycles. The van der Waals surface area contributed by atoms with Crippen molar-refractivity contribution in [2.45, 2.75) is 0 Å². The molecule has 1 radical (unpaired) electrons. The monoisotopic (exact) mass is 325 g/mol. The third kappa shape index (κ3) is 8.61. The van der Waals surface area contributed by atoms with Gasteiger partial charge in [0.1, 0.15) is 0 Å². The van der Waals surface area contributed by atoms with Crippen LogP contribution in [0.2, 0.25) is 0 Å². The Morgan fingerprint density at radius 3 is 1.83 bits per heavy atom. The molecule has 105 valence electrons. The first-order valence-corrected chi connectivity index (χ1v) is 5.07. The number of hydrogen-bond donors (Lipinski definition) is 0. The number of hydrogen-bond acceptors (Lipinski definition) is 8. The molecule has 0 aliphatic heterocycles. The molecule has 0 unspecified atom stereocenters. The third-order valence-electron chi connectivity index (χ3n) is 1.32. The summed E-state index contributed by atoms with van der Waals surface area (Å²) in [4.78, 5) is 19.8. The smallest absolute Gasteiger partial charge is 0.278 e. The van der Waals surface area contributed by atoms with E-state index in [9.17, 15) is 20.0 Å². The Hall–Kier alpha value is -1.52. The zero-order valence-electron chi connectivity index (χ0n) is 8.23. The molecule has 0 aromatic heterocycles. The Labute approximate surface area is 112 Å².